The normalized spacial score (nSPS) is 10.5. The van der Waals surface area contributed by atoms with Gasteiger partial charge in [0.1, 0.15) is 5.60 Å². The third-order valence-electron chi connectivity index (χ3n) is 1.31. The summed E-state index contributed by atoms with van der Waals surface area (Å²) in [4.78, 5) is 10.4. The predicted molar refractivity (Wildman–Crippen MR) is 48.8 cm³/mol. The van der Waals surface area contributed by atoms with Crippen LogP contribution in [0, 0.1) is 11.8 Å². The van der Waals surface area contributed by atoms with Crippen molar-refractivity contribution in [2.75, 3.05) is 0 Å². The van der Waals surface area contributed by atoms with Gasteiger partial charge in [-0.1, -0.05) is 5.92 Å². The number of carboxylic acids is 1. The van der Waals surface area contributed by atoms with Gasteiger partial charge in [0.05, 0.1) is 0 Å². The standard InChI is InChI=1S/C10H10O4/c1-10(2,13)6-5-7-3-4-8(14-7)9(11)12/h3-4,13H,1-2H3,(H,11,12). The lowest BCUT2D eigenvalue weighted by Crippen LogP contribution is -2.14. The molecule has 0 bridgehead atoms. The molecule has 0 unspecified atom stereocenters. The van der Waals surface area contributed by atoms with E-state index in [-0.39, 0.29) is 11.5 Å². The maximum Gasteiger partial charge on any atom is 0.371 e. The van der Waals surface area contributed by atoms with Crippen molar-refractivity contribution in [1.82, 2.24) is 0 Å². The van der Waals surface area contributed by atoms with E-state index < -0.39 is 11.6 Å². The maximum absolute atomic E-state index is 10.4. The van der Waals surface area contributed by atoms with Crippen LogP contribution in [-0.4, -0.2) is 21.8 Å². The lowest BCUT2D eigenvalue weighted by molar-refractivity contribution is 0.0662. The zero-order valence-corrected chi connectivity index (χ0v) is 7.87. The van der Waals surface area contributed by atoms with Crippen molar-refractivity contribution < 1.29 is 19.4 Å². The second-order valence-electron chi connectivity index (χ2n) is 3.28. The summed E-state index contributed by atoms with van der Waals surface area (Å²) < 4.78 is 4.86. The predicted octanol–water partition coefficient (Wildman–Crippen LogP) is 1.10. The number of carboxylic acid groups (broad SMARTS) is 1. The number of hydrogen-bond donors (Lipinski definition) is 2. The van der Waals surface area contributed by atoms with E-state index in [1.165, 1.54) is 26.0 Å². The van der Waals surface area contributed by atoms with Crippen LogP contribution in [0.25, 0.3) is 0 Å². The molecule has 2 N–H and O–H groups in total. The van der Waals surface area contributed by atoms with Crippen molar-refractivity contribution in [3.8, 4) is 11.8 Å². The highest BCUT2D eigenvalue weighted by atomic mass is 16.4. The molecule has 4 nitrogen and oxygen atoms in total. The topological polar surface area (TPSA) is 70.7 Å². The van der Waals surface area contributed by atoms with E-state index in [2.05, 4.69) is 11.8 Å². The van der Waals surface area contributed by atoms with Gasteiger partial charge >= 0.3 is 5.97 Å². The molecule has 0 radical (unpaired) electrons. The van der Waals surface area contributed by atoms with Crippen LogP contribution >= 0.6 is 0 Å². The van der Waals surface area contributed by atoms with Crippen LogP contribution in [0.15, 0.2) is 16.5 Å². The molecular formula is C10H10O4. The number of aliphatic hydroxyl groups is 1. The highest BCUT2D eigenvalue weighted by Gasteiger charge is 2.09. The van der Waals surface area contributed by atoms with Crippen molar-refractivity contribution in [3.63, 3.8) is 0 Å². The summed E-state index contributed by atoms with van der Waals surface area (Å²) in [5.41, 5.74) is -1.11. The minimum absolute atomic E-state index is 0.162. The first kappa shape index (κ1) is 10.4. The van der Waals surface area contributed by atoms with E-state index in [0.29, 0.717) is 0 Å². The average molecular weight is 194 g/mol. The third-order valence-corrected chi connectivity index (χ3v) is 1.31. The molecule has 0 aliphatic carbocycles. The van der Waals surface area contributed by atoms with Crippen molar-refractivity contribution in [3.05, 3.63) is 23.7 Å². The summed E-state index contributed by atoms with van der Waals surface area (Å²) >= 11 is 0. The van der Waals surface area contributed by atoms with Gasteiger partial charge in [-0.15, -0.1) is 0 Å². The highest BCUT2D eigenvalue weighted by molar-refractivity contribution is 5.84. The molecule has 74 valence electrons. The molecule has 0 aliphatic rings. The summed E-state index contributed by atoms with van der Waals surface area (Å²) in [6, 6.07) is 2.76. The Kier molecular flexibility index (Phi) is 2.63. The average Bonchev–Trinajstić information content (AvgIpc) is 2.47. The van der Waals surface area contributed by atoms with Crippen LogP contribution in [0.4, 0.5) is 0 Å². The number of hydrogen-bond acceptors (Lipinski definition) is 3. The molecular weight excluding hydrogens is 184 g/mol. The number of furan rings is 1. The molecule has 0 aliphatic heterocycles. The fourth-order valence-corrected chi connectivity index (χ4v) is 0.735. The molecule has 1 heterocycles. The van der Waals surface area contributed by atoms with E-state index in [1.807, 2.05) is 0 Å². The van der Waals surface area contributed by atoms with E-state index in [4.69, 9.17) is 9.52 Å². The quantitative estimate of drug-likeness (QED) is 0.657. The number of rotatable bonds is 1. The van der Waals surface area contributed by atoms with Crippen molar-refractivity contribution >= 4 is 5.97 Å². The monoisotopic (exact) mass is 194 g/mol. The molecule has 1 aromatic heterocycles. The van der Waals surface area contributed by atoms with E-state index in [9.17, 15) is 9.90 Å². The molecule has 14 heavy (non-hydrogen) atoms. The summed E-state index contributed by atoms with van der Waals surface area (Å²) in [5, 5.41) is 17.8. The summed E-state index contributed by atoms with van der Waals surface area (Å²) in [6.07, 6.45) is 0. The third kappa shape index (κ3) is 2.96. The molecule has 0 amide bonds. The molecule has 0 fully saturated rings. The first-order chi connectivity index (χ1) is 6.38. The van der Waals surface area contributed by atoms with E-state index in [0.717, 1.165) is 0 Å². The second kappa shape index (κ2) is 3.56. The number of aromatic carboxylic acids is 1. The van der Waals surface area contributed by atoms with Gasteiger partial charge in [-0.3, -0.25) is 0 Å². The Balaban J connectivity index is 2.87. The van der Waals surface area contributed by atoms with E-state index >= 15 is 0 Å². The lowest BCUT2D eigenvalue weighted by atomic mass is 10.1. The Labute approximate surface area is 81.2 Å². The molecule has 0 atom stereocenters. The minimum Gasteiger partial charge on any atom is -0.475 e. The Hall–Kier alpha value is -1.73. The summed E-state index contributed by atoms with van der Waals surface area (Å²) in [7, 11) is 0. The SMILES string of the molecule is CC(C)(O)C#Cc1ccc(C(=O)O)o1. The van der Waals surface area contributed by atoms with Gasteiger partial charge in [-0.2, -0.15) is 0 Å². The zero-order chi connectivity index (χ0) is 10.8. The molecule has 1 aromatic rings. The van der Waals surface area contributed by atoms with Gasteiger partial charge in [-0.25, -0.2) is 4.79 Å². The first-order valence-corrected chi connectivity index (χ1v) is 3.97. The molecule has 0 saturated carbocycles. The van der Waals surface area contributed by atoms with Crippen LogP contribution in [-0.2, 0) is 0 Å². The van der Waals surface area contributed by atoms with Crippen LogP contribution in [0.5, 0.6) is 0 Å². The van der Waals surface area contributed by atoms with Crippen LogP contribution in [0.2, 0.25) is 0 Å². The van der Waals surface area contributed by atoms with Gasteiger partial charge in [0, 0.05) is 0 Å². The molecule has 4 heteroatoms. The molecule has 0 spiro atoms. The van der Waals surface area contributed by atoms with Gasteiger partial charge < -0.3 is 14.6 Å². The van der Waals surface area contributed by atoms with Crippen molar-refractivity contribution in [2.45, 2.75) is 19.4 Å². The fourth-order valence-electron chi connectivity index (χ4n) is 0.735. The highest BCUT2D eigenvalue weighted by Crippen LogP contribution is 2.07. The van der Waals surface area contributed by atoms with Gasteiger partial charge in [0.2, 0.25) is 5.76 Å². The molecule has 0 saturated heterocycles. The second-order valence-corrected chi connectivity index (χ2v) is 3.28. The van der Waals surface area contributed by atoms with E-state index in [1.54, 1.807) is 0 Å². The maximum atomic E-state index is 10.4. The molecule has 1 rings (SSSR count). The number of carbonyl (C=O) groups is 1. The van der Waals surface area contributed by atoms with Crippen LogP contribution in [0.1, 0.15) is 30.2 Å². The lowest BCUT2D eigenvalue weighted by Gasteiger charge is -2.05. The van der Waals surface area contributed by atoms with Crippen molar-refractivity contribution in [1.29, 1.82) is 0 Å². The van der Waals surface area contributed by atoms with Gasteiger partial charge in [0.25, 0.3) is 0 Å². The van der Waals surface area contributed by atoms with Gasteiger partial charge in [0.15, 0.2) is 5.76 Å². The Morgan fingerprint density at radius 2 is 2.14 bits per heavy atom. The minimum atomic E-state index is -1.14. The zero-order valence-electron chi connectivity index (χ0n) is 7.87. The van der Waals surface area contributed by atoms with Gasteiger partial charge in [-0.05, 0) is 31.9 Å². The van der Waals surface area contributed by atoms with Crippen LogP contribution in [0.3, 0.4) is 0 Å². The Morgan fingerprint density at radius 3 is 2.57 bits per heavy atom. The van der Waals surface area contributed by atoms with Crippen molar-refractivity contribution in [2.24, 2.45) is 0 Å². The first-order valence-electron chi connectivity index (χ1n) is 3.97. The summed E-state index contributed by atoms with van der Waals surface area (Å²) in [5.74, 6) is 3.97. The Morgan fingerprint density at radius 1 is 1.50 bits per heavy atom. The Bertz CT molecular complexity index is 398. The fraction of sp³-hybridized carbons (Fsp3) is 0.300. The smallest absolute Gasteiger partial charge is 0.371 e. The van der Waals surface area contributed by atoms with Crippen LogP contribution < -0.4 is 0 Å². The largest absolute Gasteiger partial charge is 0.475 e. The molecule has 0 aromatic carbocycles. The summed E-state index contributed by atoms with van der Waals surface area (Å²) in [6.45, 7) is 3.06.